The molecule has 6 heteroatoms. The Balaban J connectivity index is 1.82. The van der Waals surface area contributed by atoms with E-state index in [9.17, 15) is 0 Å². The number of thiophene rings is 1. The van der Waals surface area contributed by atoms with E-state index in [1.165, 1.54) is 5.56 Å². The molecule has 0 fully saturated rings. The molecule has 2 heterocycles. The van der Waals surface area contributed by atoms with Crippen LogP contribution in [0.5, 0.6) is 0 Å². The first kappa shape index (κ1) is 17.5. The van der Waals surface area contributed by atoms with Gasteiger partial charge in [-0.1, -0.05) is 27.7 Å². The average molecular weight is 334 g/mol. The van der Waals surface area contributed by atoms with Crippen LogP contribution in [0, 0.1) is 0 Å². The fourth-order valence-corrected chi connectivity index (χ4v) is 2.82. The lowest BCUT2D eigenvalue weighted by Crippen LogP contribution is -2.38. The smallest absolute Gasteiger partial charge is 0.213 e. The SMILES string of the molecule is CN=C(NCc1ncc(C(C)(C)C)o1)NCC(C)c1ccsc1. The summed E-state index contributed by atoms with van der Waals surface area (Å²) in [5.41, 5.74) is 1.32. The molecule has 2 N–H and O–H groups in total. The van der Waals surface area contributed by atoms with Crippen LogP contribution in [0.25, 0.3) is 0 Å². The second-order valence-corrected chi connectivity index (χ2v) is 7.41. The predicted molar refractivity (Wildman–Crippen MR) is 96.1 cm³/mol. The van der Waals surface area contributed by atoms with Gasteiger partial charge in [0.2, 0.25) is 5.89 Å². The van der Waals surface area contributed by atoms with Crippen molar-refractivity contribution >= 4 is 17.3 Å². The third-order valence-electron chi connectivity index (χ3n) is 3.61. The Bertz CT molecular complexity index is 625. The van der Waals surface area contributed by atoms with Crippen molar-refractivity contribution in [3.05, 3.63) is 40.2 Å². The van der Waals surface area contributed by atoms with Gasteiger partial charge in [0.05, 0.1) is 12.7 Å². The molecule has 0 aliphatic carbocycles. The number of aromatic nitrogens is 1. The molecule has 0 aliphatic rings. The molecule has 0 saturated heterocycles. The predicted octanol–water partition coefficient (Wildman–Crippen LogP) is 3.50. The Morgan fingerprint density at radius 1 is 1.39 bits per heavy atom. The second-order valence-electron chi connectivity index (χ2n) is 6.63. The van der Waals surface area contributed by atoms with E-state index < -0.39 is 0 Å². The molecule has 2 rings (SSSR count). The van der Waals surface area contributed by atoms with E-state index in [4.69, 9.17) is 4.42 Å². The highest BCUT2D eigenvalue weighted by atomic mass is 32.1. The Morgan fingerprint density at radius 3 is 2.74 bits per heavy atom. The molecule has 1 unspecified atom stereocenters. The zero-order valence-electron chi connectivity index (χ0n) is 14.5. The van der Waals surface area contributed by atoms with Crippen LogP contribution in [0.15, 0.2) is 32.4 Å². The molecule has 0 aliphatic heterocycles. The van der Waals surface area contributed by atoms with E-state index in [2.05, 4.69) is 65.1 Å². The zero-order chi connectivity index (χ0) is 16.9. The second kappa shape index (κ2) is 7.64. The molecule has 1 atom stereocenters. The summed E-state index contributed by atoms with van der Waals surface area (Å²) in [5.74, 6) is 2.75. The highest BCUT2D eigenvalue weighted by Crippen LogP contribution is 2.22. The quantitative estimate of drug-likeness (QED) is 0.649. The minimum absolute atomic E-state index is 0.0266. The minimum Gasteiger partial charge on any atom is -0.443 e. The molecule has 0 aromatic carbocycles. The summed E-state index contributed by atoms with van der Waals surface area (Å²) in [5, 5.41) is 10.9. The maximum Gasteiger partial charge on any atom is 0.213 e. The average Bonchev–Trinajstić information content (AvgIpc) is 3.18. The summed E-state index contributed by atoms with van der Waals surface area (Å²) < 4.78 is 5.77. The lowest BCUT2D eigenvalue weighted by atomic mass is 9.94. The highest BCUT2D eigenvalue weighted by Gasteiger charge is 2.19. The number of hydrogen-bond acceptors (Lipinski definition) is 4. The van der Waals surface area contributed by atoms with Crippen molar-refractivity contribution < 1.29 is 4.42 Å². The van der Waals surface area contributed by atoms with Crippen LogP contribution < -0.4 is 10.6 Å². The van der Waals surface area contributed by atoms with Gasteiger partial charge in [0.25, 0.3) is 0 Å². The Kier molecular flexibility index (Phi) is 5.82. The Hall–Kier alpha value is -1.82. The first-order chi connectivity index (χ1) is 10.9. The summed E-state index contributed by atoms with van der Waals surface area (Å²) in [6.07, 6.45) is 1.80. The molecule has 2 aromatic heterocycles. The lowest BCUT2D eigenvalue weighted by Gasteiger charge is -2.15. The maximum absolute atomic E-state index is 5.77. The molecule has 23 heavy (non-hydrogen) atoms. The molecule has 0 spiro atoms. The monoisotopic (exact) mass is 334 g/mol. The third-order valence-corrected chi connectivity index (χ3v) is 4.31. The van der Waals surface area contributed by atoms with Crippen molar-refractivity contribution in [2.75, 3.05) is 13.6 Å². The third kappa shape index (κ3) is 5.10. The molecule has 0 radical (unpaired) electrons. The number of aliphatic imine (C=N–C) groups is 1. The summed E-state index contributed by atoms with van der Waals surface area (Å²) >= 11 is 1.73. The van der Waals surface area contributed by atoms with E-state index in [1.807, 2.05) is 0 Å². The first-order valence-electron chi connectivity index (χ1n) is 7.82. The van der Waals surface area contributed by atoms with Gasteiger partial charge < -0.3 is 15.1 Å². The minimum atomic E-state index is -0.0266. The summed E-state index contributed by atoms with van der Waals surface area (Å²) in [6, 6.07) is 2.16. The number of nitrogens with zero attached hydrogens (tertiary/aromatic N) is 2. The maximum atomic E-state index is 5.77. The van der Waals surface area contributed by atoms with Gasteiger partial charge in [0.15, 0.2) is 5.96 Å². The van der Waals surface area contributed by atoms with Gasteiger partial charge in [-0.2, -0.15) is 11.3 Å². The molecule has 5 nitrogen and oxygen atoms in total. The van der Waals surface area contributed by atoms with Crippen LogP contribution in [0.2, 0.25) is 0 Å². The van der Waals surface area contributed by atoms with E-state index in [0.29, 0.717) is 18.4 Å². The number of nitrogens with one attached hydrogen (secondary N) is 2. The number of oxazole rings is 1. The zero-order valence-corrected chi connectivity index (χ0v) is 15.3. The summed E-state index contributed by atoms with van der Waals surface area (Å²) in [7, 11) is 1.76. The number of rotatable bonds is 5. The van der Waals surface area contributed by atoms with E-state index in [-0.39, 0.29) is 5.41 Å². The summed E-state index contributed by atoms with van der Waals surface area (Å²) in [6.45, 7) is 9.87. The van der Waals surface area contributed by atoms with Gasteiger partial charge in [-0.3, -0.25) is 4.99 Å². The van der Waals surface area contributed by atoms with Gasteiger partial charge in [-0.05, 0) is 28.3 Å². The molecule has 0 saturated carbocycles. The van der Waals surface area contributed by atoms with Crippen LogP contribution in [-0.2, 0) is 12.0 Å². The van der Waals surface area contributed by atoms with Crippen LogP contribution >= 0.6 is 11.3 Å². The molecule has 126 valence electrons. The normalized spacial score (nSPS) is 13.9. The van der Waals surface area contributed by atoms with Gasteiger partial charge in [0, 0.05) is 19.0 Å². The van der Waals surface area contributed by atoms with Crippen molar-refractivity contribution in [3.8, 4) is 0 Å². The van der Waals surface area contributed by atoms with Crippen molar-refractivity contribution in [2.45, 2.75) is 45.6 Å². The van der Waals surface area contributed by atoms with Crippen LogP contribution in [-0.4, -0.2) is 24.5 Å². The van der Waals surface area contributed by atoms with E-state index in [0.717, 1.165) is 18.3 Å². The summed E-state index contributed by atoms with van der Waals surface area (Å²) in [4.78, 5) is 8.55. The standard InChI is InChI=1S/C17H26N4OS/c1-12(13-6-7-23-11-13)8-20-16(18-5)21-10-15-19-9-14(22-15)17(2,3)4/h6-7,9,11-12H,8,10H2,1-5H3,(H2,18,20,21). The molecule has 0 bridgehead atoms. The molecular formula is C17H26N4OS. The Morgan fingerprint density at radius 2 is 2.17 bits per heavy atom. The van der Waals surface area contributed by atoms with Crippen LogP contribution in [0.3, 0.4) is 0 Å². The number of hydrogen-bond donors (Lipinski definition) is 2. The van der Waals surface area contributed by atoms with Crippen LogP contribution in [0.4, 0.5) is 0 Å². The Labute approximate surface area is 142 Å². The van der Waals surface area contributed by atoms with E-state index >= 15 is 0 Å². The van der Waals surface area contributed by atoms with Crippen LogP contribution in [0.1, 0.15) is 50.8 Å². The van der Waals surface area contributed by atoms with Crippen molar-refractivity contribution in [3.63, 3.8) is 0 Å². The molecular weight excluding hydrogens is 308 g/mol. The lowest BCUT2D eigenvalue weighted by molar-refractivity contribution is 0.379. The fourth-order valence-electron chi connectivity index (χ4n) is 2.04. The molecule has 0 amide bonds. The van der Waals surface area contributed by atoms with Crippen molar-refractivity contribution in [1.29, 1.82) is 0 Å². The number of guanidine groups is 1. The van der Waals surface area contributed by atoms with Gasteiger partial charge in [-0.15, -0.1) is 0 Å². The van der Waals surface area contributed by atoms with Gasteiger partial charge >= 0.3 is 0 Å². The van der Waals surface area contributed by atoms with E-state index in [1.54, 1.807) is 24.6 Å². The largest absolute Gasteiger partial charge is 0.443 e. The van der Waals surface area contributed by atoms with Gasteiger partial charge in [-0.25, -0.2) is 4.98 Å². The van der Waals surface area contributed by atoms with Crippen molar-refractivity contribution in [2.24, 2.45) is 4.99 Å². The van der Waals surface area contributed by atoms with Crippen molar-refractivity contribution in [1.82, 2.24) is 15.6 Å². The topological polar surface area (TPSA) is 62.5 Å². The fraction of sp³-hybridized carbons (Fsp3) is 0.529. The first-order valence-corrected chi connectivity index (χ1v) is 8.76. The highest BCUT2D eigenvalue weighted by molar-refractivity contribution is 7.07. The van der Waals surface area contributed by atoms with Gasteiger partial charge in [0.1, 0.15) is 5.76 Å². The molecule has 2 aromatic rings.